The second-order valence-corrected chi connectivity index (χ2v) is 6.86. The predicted molar refractivity (Wildman–Crippen MR) is 107 cm³/mol. The number of amides is 1. The van der Waals surface area contributed by atoms with Crippen LogP contribution in [-0.4, -0.2) is 25.0 Å². The fourth-order valence-corrected chi connectivity index (χ4v) is 3.31. The standard InChI is InChI=1S/C23H20F3NO3/c1-30-22(29)20(14-18-8-4-5-9-19(18)23(24,25)26)27-21(28)13-15-10-11-16-6-2-3-7-17(16)12-15/h2-12,20H,13-14H2,1H3,(H,27,28)/t20-/m1/s1. The molecule has 0 fully saturated rings. The summed E-state index contributed by atoms with van der Waals surface area (Å²) in [5.74, 6) is -1.29. The van der Waals surface area contributed by atoms with E-state index in [-0.39, 0.29) is 18.4 Å². The summed E-state index contributed by atoms with van der Waals surface area (Å²) < 4.78 is 44.5. The molecule has 30 heavy (non-hydrogen) atoms. The van der Waals surface area contributed by atoms with Gasteiger partial charge in [-0.2, -0.15) is 13.2 Å². The molecule has 0 saturated carbocycles. The molecule has 0 bridgehead atoms. The molecule has 3 rings (SSSR count). The average molecular weight is 415 g/mol. The minimum absolute atomic E-state index is 0.0146. The average Bonchev–Trinajstić information content (AvgIpc) is 2.72. The molecule has 1 atom stereocenters. The lowest BCUT2D eigenvalue weighted by Crippen LogP contribution is -2.44. The van der Waals surface area contributed by atoms with Crippen LogP contribution in [0.2, 0.25) is 0 Å². The molecule has 156 valence electrons. The minimum Gasteiger partial charge on any atom is -0.467 e. The Balaban J connectivity index is 1.76. The molecule has 0 spiro atoms. The summed E-state index contributed by atoms with van der Waals surface area (Å²) in [6.45, 7) is 0. The Morgan fingerprint density at radius 2 is 1.63 bits per heavy atom. The number of rotatable bonds is 6. The summed E-state index contributed by atoms with van der Waals surface area (Å²) in [5, 5.41) is 4.50. The zero-order chi connectivity index (χ0) is 21.7. The van der Waals surface area contributed by atoms with Gasteiger partial charge in [0.1, 0.15) is 6.04 Å². The van der Waals surface area contributed by atoms with Crippen LogP contribution in [0.25, 0.3) is 10.8 Å². The van der Waals surface area contributed by atoms with E-state index in [2.05, 4.69) is 10.1 Å². The molecular weight excluding hydrogens is 395 g/mol. The summed E-state index contributed by atoms with van der Waals surface area (Å²) in [5.41, 5.74) is -0.209. The van der Waals surface area contributed by atoms with Crippen LogP contribution < -0.4 is 5.32 Å². The number of fused-ring (bicyclic) bond motifs is 1. The van der Waals surface area contributed by atoms with Gasteiger partial charge in [0.2, 0.25) is 5.91 Å². The lowest BCUT2D eigenvalue weighted by atomic mass is 9.99. The molecule has 0 radical (unpaired) electrons. The van der Waals surface area contributed by atoms with E-state index in [1.165, 1.54) is 18.2 Å². The second kappa shape index (κ2) is 8.98. The van der Waals surface area contributed by atoms with Crippen LogP contribution >= 0.6 is 0 Å². The Kier molecular flexibility index (Phi) is 6.40. The van der Waals surface area contributed by atoms with Gasteiger partial charge in [-0.05, 0) is 28.0 Å². The zero-order valence-corrected chi connectivity index (χ0v) is 16.2. The maximum absolute atomic E-state index is 13.3. The third kappa shape index (κ3) is 5.17. The number of hydrogen-bond donors (Lipinski definition) is 1. The van der Waals surface area contributed by atoms with E-state index in [9.17, 15) is 22.8 Å². The highest BCUT2D eigenvalue weighted by Gasteiger charge is 2.34. The number of alkyl halides is 3. The Hall–Kier alpha value is -3.35. The number of nitrogens with one attached hydrogen (secondary N) is 1. The maximum atomic E-state index is 13.3. The molecule has 0 aromatic heterocycles. The first-order chi connectivity index (χ1) is 14.3. The first kappa shape index (κ1) is 21.4. The quantitative estimate of drug-likeness (QED) is 0.611. The van der Waals surface area contributed by atoms with Crippen LogP contribution in [-0.2, 0) is 33.3 Å². The molecule has 0 aliphatic rings. The summed E-state index contributed by atoms with van der Waals surface area (Å²) in [6.07, 6.45) is -4.91. The van der Waals surface area contributed by atoms with Gasteiger partial charge >= 0.3 is 12.1 Å². The van der Waals surface area contributed by atoms with Gasteiger partial charge in [0.15, 0.2) is 0 Å². The van der Waals surface area contributed by atoms with E-state index in [1.807, 2.05) is 36.4 Å². The van der Waals surface area contributed by atoms with Crippen LogP contribution in [0.5, 0.6) is 0 Å². The largest absolute Gasteiger partial charge is 0.467 e. The zero-order valence-electron chi connectivity index (χ0n) is 16.2. The smallest absolute Gasteiger partial charge is 0.416 e. The van der Waals surface area contributed by atoms with Gasteiger partial charge in [0.05, 0.1) is 19.1 Å². The Bertz CT molecular complexity index is 1060. The van der Waals surface area contributed by atoms with Crippen molar-refractivity contribution in [2.45, 2.75) is 25.1 Å². The third-order valence-corrected chi connectivity index (χ3v) is 4.75. The van der Waals surface area contributed by atoms with Gasteiger partial charge in [-0.3, -0.25) is 4.79 Å². The van der Waals surface area contributed by atoms with Crippen molar-refractivity contribution in [3.63, 3.8) is 0 Å². The van der Waals surface area contributed by atoms with E-state index in [0.717, 1.165) is 29.5 Å². The molecule has 0 heterocycles. The second-order valence-electron chi connectivity index (χ2n) is 6.86. The van der Waals surface area contributed by atoms with Gasteiger partial charge in [0, 0.05) is 6.42 Å². The molecule has 3 aromatic rings. The molecule has 3 aromatic carbocycles. The van der Waals surface area contributed by atoms with Gasteiger partial charge in [-0.1, -0.05) is 60.7 Å². The molecule has 4 nitrogen and oxygen atoms in total. The van der Waals surface area contributed by atoms with Crippen molar-refractivity contribution in [1.82, 2.24) is 5.32 Å². The fourth-order valence-electron chi connectivity index (χ4n) is 3.31. The lowest BCUT2D eigenvalue weighted by Gasteiger charge is -2.19. The third-order valence-electron chi connectivity index (χ3n) is 4.75. The number of benzene rings is 3. The van der Waals surface area contributed by atoms with Crippen molar-refractivity contribution in [2.24, 2.45) is 0 Å². The molecule has 0 unspecified atom stereocenters. The fraction of sp³-hybridized carbons (Fsp3) is 0.217. The van der Waals surface area contributed by atoms with Gasteiger partial charge < -0.3 is 10.1 Å². The van der Waals surface area contributed by atoms with Crippen LogP contribution in [0.1, 0.15) is 16.7 Å². The predicted octanol–water partition coefficient (Wildman–Crippen LogP) is 4.30. The molecule has 0 saturated heterocycles. The highest BCUT2D eigenvalue weighted by Crippen LogP contribution is 2.32. The first-order valence-corrected chi connectivity index (χ1v) is 9.28. The van der Waals surface area contributed by atoms with Crippen molar-refractivity contribution >= 4 is 22.6 Å². The first-order valence-electron chi connectivity index (χ1n) is 9.28. The van der Waals surface area contributed by atoms with E-state index in [0.29, 0.717) is 0 Å². The maximum Gasteiger partial charge on any atom is 0.416 e. The normalized spacial score (nSPS) is 12.4. The number of halogens is 3. The Morgan fingerprint density at radius 3 is 2.33 bits per heavy atom. The summed E-state index contributed by atoms with van der Waals surface area (Å²) in [6, 6.07) is 16.9. The SMILES string of the molecule is COC(=O)[C@@H](Cc1ccccc1C(F)(F)F)NC(=O)Cc1ccc2ccccc2c1. The van der Waals surface area contributed by atoms with Crippen molar-refractivity contribution in [3.8, 4) is 0 Å². The van der Waals surface area contributed by atoms with Crippen LogP contribution in [0.4, 0.5) is 13.2 Å². The van der Waals surface area contributed by atoms with Gasteiger partial charge in [-0.15, -0.1) is 0 Å². The Morgan fingerprint density at radius 1 is 0.967 bits per heavy atom. The molecular formula is C23H20F3NO3. The number of ether oxygens (including phenoxy) is 1. The van der Waals surface area contributed by atoms with Crippen molar-refractivity contribution in [2.75, 3.05) is 7.11 Å². The number of carbonyl (C=O) groups is 2. The highest BCUT2D eigenvalue weighted by atomic mass is 19.4. The number of methoxy groups -OCH3 is 1. The van der Waals surface area contributed by atoms with E-state index < -0.39 is 29.7 Å². The van der Waals surface area contributed by atoms with Crippen LogP contribution in [0, 0.1) is 0 Å². The molecule has 0 aliphatic carbocycles. The minimum atomic E-state index is -4.56. The van der Waals surface area contributed by atoms with E-state index in [1.54, 1.807) is 6.07 Å². The van der Waals surface area contributed by atoms with Crippen molar-refractivity contribution < 1.29 is 27.5 Å². The van der Waals surface area contributed by atoms with Crippen LogP contribution in [0.3, 0.4) is 0 Å². The van der Waals surface area contributed by atoms with Crippen LogP contribution in [0.15, 0.2) is 66.7 Å². The lowest BCUT2D eigenvalue weighted by molar-refractivity contribution is -0.145. The Labute approximate surface area is 171 Å². The topological polar surface area (TPSA) is 55.4 Å². The highest BCUT2D eigenvalue weighted by molar-refractivity contribution is 5.88. The molecule has 7 heteroatoms. The van der Waals surface area contributed by atoms with Crippen molar-refractivity contribution in [1.29, 1.82) is 0 Å². The molecule has 1 N–H and O–H groups in total. The van der Waals surface area contributed by atoms with E-state index >= 15 is 0 Å². The van der Waals surface area contributed by atoms with E-state index in [4.69, 9.17) is 0 Å². The number of hydrogen-bond acceptors (Lipinski definition) is 3. The number of esters is 1. The molecule has 0 aliphatic heterocycles. The monoisotopic (exact) mass is 415 g/mol. The van der Waals surface area contributed by atoms with Crippen molar-refractivity contribution in [3.05, 3.63) is 83.4 Å². The molecule has 1 amide bonds. The number of carbonyl (C=O) groups excluding carboxylic acids is 2. The summed E-state index contributed by atoms with van der Waals surface area (Å²) in [7, 11) is 1.13. The van der Waals surface area contributed by atoms with Gasteiger partial charge in [-0.25, -0.2) is 4.79 Å². The summed E-state index contributed by atoms with van der Waals surface area (Å²) in [4.78, 5) is 24.6. The summed E-state index contributed by atoms with van der Waals surface area (Å²) >= 11 is 0. The van der Waals surface area contributed by atoms with Gasteiger partial charge in [0.25, 0.3) is 0 Å².